The predicted molar refractivity (Wildman–Crippen MR) is 69.0 cm³/mol. The van der Waals surface area contributed by atoms with Gasteiger partial charge in [0.2, 0.25) is 0 Å². The molecule has 0 aromatic rings. The fourth-order valence-corrected chi connectivity index (χ4v) is 2.78. The molecule has 0 saturated carbocycles. The first-order valence-electron chi connectivity index (χ1n) is 5.14. The van der Waals surface area contributed by atoms with Gasteiger partial charge in [-0.05, 0) is 13.0 Å². The summed E-state index contributed by atoms with van der Waals surface area (Å²) in [6, 6.07) is 0. The third-order valence-corrected chi connectivity index (χ3v) is 4.18. The van der Waals surface area contributed by atoms with Crippen LogP contribution in [0.5, 0.6) is 0 Å². The molecule has 0 atom stereocenters. The van der Waals surface area contributed by atoms with Crippen molar-refractivity contribution in [2.24, 2.45) is 5.73 Å². The summed E-state index contributed by atoms with van der Waals surface area (Å²) in [7, 11) is 0. The van der Waals surface area contributed by atoms with Crippen LogP contribution in [-0.2, 0) is 0 Å². The molecule has 4 heteroatoms. The highest BCUT2D eigenvalue weighted by Crippen LogP contribution is 2.30. The molecule has 2 nitrogen and oxygen atoms in total. The molecule has 14 heavy (non-hydrogen) atoms. The van der Waals surface area contributed by atoms with Gasteiger partial charge < -0.3 is 10.6 Å². The summed E-state index contributed by atoms with van der Waals surface area (Å²) in [5.41, 5.74) is 5.50. The van der Waals surface area contributed by atoms with E-state index >= 15 is 0 Å². The minimum atomic E-state index is 0.442. The van der Waals surface area contributed by atoms with Gasteiger partial charge in [0.05, 0.1) is 4.99 Å². The summed E-state index contributed by atoms with van der Waals surface area (Å²) in [6.45, 7) is 8.05. The second-order valence-electron chi connectivity index (χ2n) is 4.42. The van der Waals surface area contributed by atoms with Crippen LogP contribution >= 0.6 is 24.0 Å². The van der Waals surface area contributed by atoms with Crippen LogP contribution in [0.15, 0.2) is 0 Å². The van der Waals surface area contributed by atoms with E-state index in [0.29, 0.717) is 9.74 Å². The van der Waals surface area contributed by atoms with Crippen molar-refractivity contribution in [1.29, 1.82) is 0 Å². The lowest BCUT2D eigenvalue weighted by Crippen LogP contribution is -2.30. The lowest BCUT2D eigenvalue weighted by Gasteiger charge is -2.22. The van der Waals surface area contributed by atoms with Gasteiger partial charge in [-0.15, -0.1) is 0 Å². The maximum Gasteiger partial charge on any atom is 0.0740 e. The Morgan fingerprint density at radius 2 is 2.21 bits per heavy atom. The van der Waals surface area contributed by atoms with E-state index in [4.69, 9.17) is 18.0 Å². The van der Waals surface area contributed by atoms with Gasteiger partial charge in [-0.25, -0.2) is 0 Å². The van der Waals surface area contributed by atoms with Crippen LogP contribution in [-0.4, -0.2) is 40.0 Å². The third kappa shape index (κ3) is 4.62. The number of thiocarbonyl (C=S) groups is 1. The summed E-state index contributed by atoms with van der Waals surface area (Å²) in [4.78, 5) is 3.11. The number of hydrogen-bond acceptors (Lipinski definition) is 3. The van der Waals surface area contributed by atoms with Crippen molar-refractivity contribution in [1.82, 2.24) is 4.90 Å². The standard InChI is InChI=1S/C10H20N2S2/c1-10(2)4-6-12(7-8-14-10)5-3-9(11)13/h3-8H2,1-2H3,(H2,11,13). The fraction of sp³-hybridized carbons (Fsp3) is 0.900. The van der Waals surface area contributed by atoms with Crippen molar-refractivity contribution in [2.45, 2.75) is 31.4 Å². The lowest BCUT2D eigenvalue weighted by atomic mass is 10.1. The second-order valence-corrected chi connectivity index (χ2v) is 6.74. The molecule has 1 aliphatic heterocycles. The van der Waals surface area contributed by atoms with Crippen molar-refractivity contribution in [3.05, 3.63) is 0 Å². The van der Waals surface area contributed by atoms with Crippen LogP contribution in [0.3, 0.4) is 0 Å². The molecule has 1 aliphatic rings. The molecule has 0 aliphatic carbocycles. The van der Waals surface area contributed by atoms with E-state index in [1.165, 1.54) is 25.3 Å². The van der Waals surface area contributed by atoms with Crippen molar-refractivity contribution in [3.63, 3.8) is 0 Å². The zero-order chi connectivity index (χ0) is 10.6. The van der Waals surface area contributed by atoms with Gasteiger partial charge in [0.1, 0.15) is 0 Å². The maximum atomic E-state index is 5.50. The van der Waals surface area contributed by atoms with E-state index < -0.39 is 0 Å². The predicted octanol–water partition coefficient (Wildman–Crippen LogP) is 1.88. The molecule has 0 spiro atoms. The normalized spacial score (nSPS) is 23.0. The Morgan fingerprint density at radius 3 is 2.86 bits per heavy atom. The van der Waals surface area contributed by atoms with Gasteiger partial charge in [0, 0.05) is 30.0 Å². The van der Waals surface area contributed by atoms with E-state index in [9.17, 15) is 0 Å². The summed E-state index contributed by atoms with van der Waals surface area (Å²) in [5, 5.41) is 0. The SMILES string of the molecule is CC1(C)CCN(CCC(N)=S)CCS1. The third-order valence-electron chi connectivity index (χ3n) is 2.60. The first-order valence-corrected chi connectivity index (χ1v) is 6.54. The number of nitrogens with two attached hydrogens (primary N) is 1. The summed E-state index contributed by atoms with van der Waals surface area (Å²) >= 11 is 6.96. The average Bonchev–Trinajstić information content (AvgIpc) is 2.23. The Bertz CT molecular complexity index is 204. The molecule has 0 aromatic heterocycles. The molecule has 1 rings (SSSR count). The molecule has 2 N–H and O–H groups in total. The first-order chi connectivity index (χ1) is 6.49. The Labute approximate surface area is 96.6 Å². The molecule has 0 unspecified atom stereocenters. The van der Waals surface area contributed by atoms with Crippen LogP contribution in [0.25, 0.3) is 0 Å². The van der Waals surface area contributed by atoms with Crippen LogP contribution < -0.4 is 5.73 Å². The molecule has 82 valence electrons. The molecule has 0 bridgehead atoms. The smallest absolute Gasteiger partial charge is 0.0740 e. The van der Waals surface area contributed by atoms with E-state index in [1.54, 1.807) is 0 Å². The lowest BCUT2D eigenvalue weighted by molar-refractivity contribution is 0.292. The Kier molecular flexibility index (Phi) is 4.67. The van der Waals surface area contributed by atoms with E-state index in [2.05, 4.69) is 30.5 Å². The highest BCUT2D eigenvalue weighted by Gasteiger charge is 2.23. The van der Waals surface area contributed by atoms with Crippen molar-refractivity contribution >= 4 is 29.0 Å². The number of hydrogen-bond donors (Lipinski definition) is 1. The van der Waals surface area contributed by atoms with Crippen LogP contribution in [0, 0.1) is 0 Å². The largest absolute Gasteiger partial charge is 0.393 e. The molecule has 1 saturated heterocycles. The Balaban J connectivity index is 2.31. The van der Waals surface area contributed by atoms with Crippen molar-refractivity contribution in [2.75, 3.05) is 25.4 Å². The molecule has 1 fully saturated rings. The highest BCUT2D eigenvalue weighted by molar-refractivity contribution is 8.00. The molecular formula is C10H20N2S2. The molecule has 0 amide bonds. The zero-order valence-electron chi connectivity index (χ0n) is 9.08. The topological polar surface area (TPSA) is 29.3 Å². The van der Waals surface area contributed by atoms with Crippen LogP contribution in [0.4, 0.5) is 0 Å². The van der Waals surface area contributed by atoms with E-state index in [-0.39, 0.29) is 0 Å². The van der Waals surface area contributed by atoms with Gasteiger partial charge >= 0.3 is 0 Å². The second kappa shape index (κ2) is 5.33. The summed E-state index contributed by atoms with van der Waals surface area (Å²) in [5.74, 6) is 1.23. The average molecular weight is 232 g/mol. The van der Waals surface area contributed by atoms with Crippen molar-refractivity contribution < 1.29 is 0 Å². The van der Waals surface area contributed by atoms with Crippen LogP contribution in [0.1, 0.15) is 26.7 Å². The number of rotatable bonds is 3. The Hall–Kier alpha value is 0.200. The number of nitrogens with zero attached hydrogens (tertiary/aromatic N) is 1. The molecule has 1 heterocycles. The van der Waals surface area contributed by atoms with E-state index in [1.807, 2.05) is 0 Å². The van der Waals surface area contributed by atoms with Gasteiger partial charge in [0.25, 0.3) is 0 Å². The molecule has 0 radical (unpaired) electrons. The molecular weight excluding hydrogens is 212 g/mol. The summed E-state index contributed by atoms with van der Waals surface area (Å²) in [6.07, 6.45) is 2.12. The number of thioether (sulfide) groups is 1. The van der Waals surface area contributed by atoms with Gasteiger partial charge in [-0.1, -0.05) is 26.1 Å². The van der Waals surface area contributed by atoms with Gasteiger partial charge in [0.15, 0.2) is 0 Å². The fourth-order valence-electron chi connectivity index (χ4n) is 1.55. The van der Waals surface area contributed by atoms with Crippen molar-refractivity contribution in [3.8, 4) is 0 Å². The maximum absolute atomic E-state index is 5.50. The molecule has 0 aromatic carbocycles. The van der Waals surface area contributed by atoms with Crippen LogP contribution in [0.2, 0.25) is 0 Å². The minimum absolute atomic E-state index is 0.442. The Morgan fingerprint density at radius 1 is 1.50 bits per heavy atom. The van der Waals surface area contributed by atoms with E-state index in [0.717, 1.165) is 13.0 Å². The highest BCUT2D eigenvalue weighted by atomic mass is 32.2. The zero-order valence-corrected chi connectivity index (χ0v) is 10.7. The van der Waals surface area contributed by atoms with Gasteiger partial charge in [-0.3, -0.25) is 0 Å². The monoisotopic (exact) mass is 232 g/mol. The summed E-state index contributed by atoms with van der Waals surface area (Å²) < 4.78 is 0.442. The quantitative estimate of drug-likeness (QED) is 0.752. The van der Waals surface area contributed by atoms with Gasteiger partial charge in [-0.2, -0.15) is 11.8 Å². The first kappa shape index (κ1) is 12.3. The minimum Gasteiger partial charge on any atom is -0.393 e.